The van der Waals surface area contributed by atoms with Gasteiger partial charge in [-0.15, -0.1) is 0 Å². The molecule has 0 unspecified atom stereocenters. The molecule has 0 saturated carbocycles. The van der Waals surface area contributed by atoms with Crippen LogP contribution in [0.3, 0.4) is 0 Å². The quantitative estimate of drug-likeness (QED) is 0.300. The molecule has 0 atom stereocenters. The zero-order chi connectivity index (χ0) is 23.3. The highest BCUT2D eigenvalue weighted by molar-refractivity contribution is 7.15. The summed E-state index contributed by atoms with van der Waals surface area (Å²) in [6, 6.07) is 13.5. The van der Waals surface area contributed by atoms with Crippen LogP contribution >= 0.6 is 34.5 Å². The molecule has 0 amide bonds. The van der Waals surface area contributed by atoms with Crippen LogP contribution in [-0.4, -0.2) is 9.38 Å². The Hall–Kier alpha value is -2.93. The van der Waals surface area contributed by atoms with Gasteiger partial charge in [0.25, 0.3) is 5.56 Å². The molecular formula is C25H17Cl2FN2O2S. The van der Waals surface area contributed by atoms with Crippen molar-refractivity contribution in [1.29, 1.82) is 0 Å². The summed E-state index contributed by atoms with van der Waals surface area (Å²) in [5.41, 5.74) is 4.51. The molecule has 2 heterocycles. The zero-order valence-electron chi connectivity index (χ0n) is 17.7. The van der Waals surface area contributed by atoms with E-state index < -0.39 is 0 Å². The van der Waals surface area contributed by atoms with Crippen molar-refractivity contribution in [3.63, 3.8) is 0 Å². The number of thiazole rings is 1. The largest absolute Gasteiger partial charge is 0.487 e. The van der Waals surface area contributed by atoms with Crippen LogP contribution in [0.2, 0.25) is 10.0 Å². The first-order chi connectivity index (χ1) is 15.8. The van der Waals surface area contributed by atoms with Gasteiger partial charge in [0.1, 0.15) is 18.2 Å². The second kappa shape index (κ2) is 8.45. The maximum atomic E-state index is 14.0. The van der Waals surface area contributed by atoms with Crippen molar-refractivity contribution in [2.45, 2.75) is 20.5 Å². The van der Waals surface area contributed by atoms with Gasteiger partial charge in [0.2, 0.25) is 0 Å². The normalized spacial score (nSPS) is 12.2. The Bertz CT molecular complexity index is 1660. The molecule has 33 heavy (non-hydrogen) atoms. The van der Waals surface area contributed by atoms with E-state index in [1.54, 1.807) is 40.8 Å². The first-order valence-corrected chi connectivity index (χ1v) is 11.7. The van der Waals surface area contributed by atoms with Crippen molar-refractivity contribution in [3.05, 3.63) is 102 Å². The molecule has 0 bridgehead atoms. The molecule has 0 aliphatic rings. The predicted octanol–water partition coefficient (Wildman–Crippen LogP) is 6.10. The van der Waals surface area contributed by atoms with Crippen LogP contribution in [0.25, 0.3) is 22.1 Å². The number of imidazole rings is 1. The highest BCUT2D eigenvalue weighted by Gasteiger charge is 2.15. The Morgan fingerprint density at radius 1 is 1.12 bits per heavy atom. The van der Waals surface area contributed by atoms with E-state index in [1.165, 1.54) is 17.4 Å². The summed E-state index contributed by atoms with van der Waals surface area (Å²) in [6.45, 7) is 4.01. The minimum atomic E-state index is -0.369. The van der Waals surface area contributed by atoms with E-state index in [2.05, 4.69) is 4.98 Å². The Morgan fingerprint density at radius 3 is 2.67 bits per heavy atom. The van der Waals surface area contributed by atoms with Crippen molar-refractivity contribution in [3.8, 4) is 5.75 Å². The standard InChI is InChI=1S/C25H17Cl2FN2O2S/c1-13-7-20-21(8-14(13)2)30-24(31)22(33-25(30)29-20)10-16-9-17(26)11-18(27)23(16)32-12-15-5-3-4-6-19(15)28/h3-11H,12H2,1-2H3. The number of nitrogens with zero attached hydrogens (tertiary/aromatic N) is 2. The molecule has 0 fully saturated rings. The number of aromatic nitrogens is 2. The molecule has 0 radical (unpaired) electrons. The Morgan fingerprint density at radius 2 is 1.88 bits per heavy atom. The molecule has 3 aromatic carbocycles. The van der Waals surface area contributed by atoms with Gasteiger partial charge in [0.05, 0.1) is 20.6 Å². The molecule has 0 aliphatic heterocycles. The number of halogens is 3. The molecule has 5 rings (SSSR count). The third kappa shape index (κ3) is 3.99. The number of benzene rings is 3. The Balaban J connectivity index is 1.63. The number of hydrogen-bond donors (Lipinski definition) is 0. The lowest BCUT2D eigenvalue weighted by molar-refractivity contribution is 0.299. The molecule has 0 spiro atoms. The van der Waals surface area contributed by atoms with Crippen molar-refractivity contribution >= 4 is 56.6 Å². The monoisotopic (exact) mass is 498 g/mol. The minimum Gasteiger partial charge on any atom is -0.487 e. The predicted molar refractivity (Wildman–Crippen MR) is 132 cm³/mol. The summed E-state index contributed by atoms with van der Waals surface area (Å²) >= 11 is 13.9. The molecule has 0 aliphatic carbocycles. The molecular weight excluding hydrogens is 482 g/mol. The minimum absolute atomic E-state index is 0.0177. The van der Waals surface area contributed by atoms with Crippen LogP contribution in [0.5, 0.6) is 5.75 Å². The van der Waals surface area contributed by atoms with Gasteiger partial charge in [-0.1, -0.05) is 52.7 Å². The van der Waals surface area contributed by atoms with Crippen LogP contribution in [0.15, 0.2) is 53.3 Å². The lowest BCUT2D eigenvalue weighted by Crippen LogP contribution is -2.22. The average molecular weight is 499 g/mol. The summed E-state index contributed by atoms with van der Waals surface area (Å²) in [5, 5.41) is 0.672. The fourth-order valence-corrected chi connectivity index (χ4v) is 5.21. The summed E-state index contributed by atoms with van der Waals surface area (Å²) in [6.07, 6.45) is 1.68. The Labute approximate surface area is 202 Å². The second-order valence-electron chi connectivity index (χ2n) is 7.76. The van der Waals surface area contributed by atoms with Gasteiger partial charge in [-0.25, -0.2) is 13.8 Å². The van der Waals surface area contributed by atoms with Gasteiger partial charge >= 0.3 is 0 Å². The molecule has 0 N–H and O–H groups in total. The lowest BCUT2D eigenvalue weighted by atomic mass is 10.1. The molecule has 0 saturated heterocycles. The van der Waals surface area contributed by atoms with E-state index in [0.717, 1.165) is 22.2 Å². The number of rotatable bonds is 4. The van der Waals surface area contributed by atoms with E-state index in [0.29, 0.717) is 31.4 Å². The fourth-order valence-electron chi connectivity index (χ4n) is 3.66. The summed E-state index contributed by atoms with van der Waals surface area (Å²) < 4.78 is 22.0. The first-order valence-electron chi connectivity index (χ1n) is 10.1. The smallest absolute Gasteiger partial charge is 0.274 e. The molecule has 166 valence electrons. The first kappa shape index (κ1) is 21.9. The van der Waals surface area contributed by atoms with E-state index in [4.69, 9.17) is 27.9 Å². The van der Waals surface area contributed by atoms with Gasteiger partial charge in [-0.2, -0.15) is 0 Å². The van der Waals surface area contributed by atoms with Crippen molar-refractivity contribution in [2.24, 2.45) is 0 Å². The van der Waals surface area contributed by atoms with Gasteiger partial charge in [0.15, 0.2) is 4.96 Å². The van der Waals surface area contributed by atoms with Crippen LogP contribution in [0, 0.1) is 19.7 Å². The Kier molecular flexibility index (Phi) is 5.60. The number of ether oxygens (including phenoxy) is 1. The SMILES string of the molecule is Cc1cc2nc3sc(=Cc4cc(Cl)cc(Cl)c4OCc4ccccc4F)c(=O)n3c2cc1C. The summed E-state index contributed by atoms with van der Waals surface area (Å²) in [5.74, 6) is -0.0436. The highest BCUT2D eigenvalue weighted by atomic mass is 35.5. The van der Waals surface area contributed by atoms with Gasteiger partial charge in [-0.3, -0.25) is 4.79 Å². The van der Waals surface area contributed by atoms with Crippen molar-refractivity contribution in [2.75, 3.05) is 0 Å². The molecule has 2 aromatic heterocycles. The molecule has 4 nitrogen and oxygen atoms in total. The molecule has 5 aromatic rings. The topological polar surface area (TPSA) is 43.6 Å². The van der Waals surface area contributed by atoms with E-state index in [-0.39, 0.29) is 23.0 Å². The number of hydrogen-bond acceptors (Lipinski definition) is 4. The van der Waals surface area contributed by atoms with E-state index >= 15 is 0 Å². The van der Waals surface area contributed by atoms with Crippen molar-refractivity contribution in [1.82, 2.24) is 9.38 Å². The summed E-state index contributed by atoms with van der Waals surface area (Å²) in [4.78, 5) is 18.5. The second-order valence-corrected chi connectivity index (χ2v) is 9.61. The van der Waals surface area contributed by atoms with Crippen molar-refractivity contribution < 1.29 is 9.13 Å². The van der Waals surface area contributed by atoms with Gasteiger partial charge in [0, 0.05) is 16.1 Å². The average Bonchev–Trinajstić information content (AvgIpc) is 3.24. The lowest BCUT2D eigenvalue weighted by Gasteiger charge is -2.12. The highest BCUT2D eigenvalue weighted by Crippen LogP contribution is 2.34. The zero-order valence-corrected chi connectivity index (χ0v) is 20.0. The fraction of sp³-hybridized carbons (Fsp3) is 0.120. The van der Waals surface area contributed by atoms with Gasteiger partial charge in [-0.05, 0) is 61.4 Å². The number of fused-ring (bicyclic) bond motifs is 3. The van der Waals surface area contributed by atoms with E-state index in [1.807, 2.05) is 26.0 Å². The van der Waals surface area contributed by atoms with Crippen LogP contribution in [0.1, 0.15) is 22.3 Å². The maximum absolute atomic E-state index is 14.0. The third-order valence-electron chi connectivity index (χ3n) is 5.51. The maximum Gasteiger partial charge on any atom is 0.274 e. The number of aryl methyl sites for hydroxylation is 2. The van der Waals surface area contributed by atoms with E-state index in [9.17, 15) is 9.18 Å². The van der Waals surface area contributed by atoms with Crippen LogP contribution in [-0.2, 0) is 6.61 Å². The van der Waals surface area contributed by atoms with Crippen LogP contribution < -0.4 is 14.8 Å². The summed E-state index contributed by atoms with van der Waals surface area (Å²) in [7, 11) is 0. The van der Waals surface area contributed by atoms with Crippen LogP contribution in [0.4, 0.5) is 4.39 Å². The molecule has 8 heteroatoms. The third-order valence-corrected chi connectivity index (χ3v) is 6.98. The van der Waals surface area contributed by atoms with Gasteiger partial charge < -0.3 is 4.74 Å².